The van der Waals surface area contributed by atoms with E-state index in [-0.39, 0.29) is 17.9 Å². The number of aromatic nitrogens is 2. The average Bonchev–Trinajstić information content (AvgIpc) is 3.51. The van der Waals surface area contributed by atoms with Crippen LogP contribution in [0, 0.1) is 0 Å². The molecular formula is C26H27ClN4O2. The number of rotatable bonds is 1. The van der Waals surface area contributed by atoms with Crippen LogP contribution in [0.1, 0.15) is 60.3 Å². The molecule has 0 saturated heterocycles. The van der Waals surface area contributed by atoms with Gasteiger partial charge in [0.15, 0.2) is 0 Å². The van der Waals surface area contributed by atoms with Gasteiger partial charge in [-0.1, -0.05) is 54.8 Å². The number of halogens is 1. The molecule has 0 bridgehead atoms. The molecule has 1 saturated carbocycles. The van der Waals surface area contributed by atoms with E-state index in [2.05, 4.69) is 21.2 Å². The topological polar surface area (TPSA) is 67.2 Å². The number of carbonyl (C=O) groups excluding carboxylic acids is 2. The number of nitrogens with one attached hydrogen (secondary N) is 1. The number of allylic oxidation sites excluding steroid dienone is 4. The minimum atomic E-state index is -0.0400. The van der Waals surface area contributed by atoms with Gasteiger partial charge < -0.3 is 10.2 Å². The first-order valence-corrected chi connectivity index (χ1v) is 11.9. The second-order valence-corrected chi connectivity index (χ2v) is 9.26. The van der Waals surface area contributed by atoms with Gasteiger partial charge in [0.2, 0.25) is 5.91 Å². The molecular weight excluding hydrogens is 436 g/mol. The third-order valence-electron chi connectivity index (χ3n) is 6.72. The SMILES string of the molecule is CC(=O)N1CCc2cc(Cl)ccc21.O=C1NC2C=CC=CC=C2c2c1cnn2C1CCCC1. The van der Waals surface area contributed by atoms with Gasteiger partial charge in [0.05, 0.1) is 29.5 Å². The first-order chi connectivity index (χ1) is 16.0. The molecule has 6 rings (SSSR count). The summed E-state index contributed by atoms with van der Waals surface area (Å²) in [6.07, 6.45) is 17.6. The first kappa shape index (κ1) is 21.7. The fourth-order valence-corrected chi connectivity index (χ4v) is 5.31. The van der Waals surface area contributed by atoms with Crippen LogP contribution in [-0.2, 0) is 11.2 Å². The van der Waals surface area contributed by atoms with E-state index in [1.54, 1.807) is 18.0 Å². The minimum Gasteiger partial charge on any atom is -0.342 e. The Hall–Kier alpha value is -3.12. The standard InChI is InChI=1S/C16H17N3O.C10H10ClNO/c20-16-13-10-17-19(11-6-4-5-7-11)15(13)12-8-2-1-3-9-14(12)18-16;1-7(13)12-5-4-8-6-9(11)2-3-10(8)12/h1-3,8-11,14H,4-7H2,(H,18,20);2-3,6H,4-5H2,1H3. The van der Waals surface area contributed by atoms with Gasteiger partial charge >= 0.3 is 0 Å². The molecule has 6 nitrogen and oxygen atoms in total. The van der Waals surface area contributed by atoms with Crippen LogP contribution in [0.4, 0.5) is 5.69 Å². The zero-order chi connectivity index (χ0) is 22.9. The van der Waals surface area contributed by atoms with Gasteiger partial charge in [0.1, 0.15) is 0 Å². The number of nitrogens with zero attached hydrogens (tertiary/aromatic N) is 3. The Labute approximate surface area is 198 Å². The number of carbonyl (C=O) groups is 2. The molecule has 1 atom stereocenters. The second kappa shape index (κ2) is 9.02. The van der Waals surface area contributed by atoms with Crippen molar-refractivity contribution in [3.8, 4) is 0 Å². The monoisotopic (exact) mass is 462 g/mol. The van der Waals surface area contributed by atoms with Crippen LogP contribution in [0.25, 0.3) is 5.57 Å². The number of hydrogen-bond donors (Lipinski definition) is 1. The van der Waals surface area contributed by atoms with Gasteiger partial charge in [-0.25, -0.2) is 0 Å². The van der Waals surface area contributed by atoms with Crippen molar-refractivity contribution in [1.82, 2.24) is 15.1 Å². The van der Waals surface area contributed by atoms with E-state index >= 15 is 0 Å². The normalized spacial score (nSPS) is 20.8. The van der Waals surface area contributed by atoms with Crippen LogP contribution >= 0.6 is 11.6 Å². The maximum Gasteiger partial charge on any atom is 0.255 e. The van der Waals surface area contributed by atoms with Gasteiger partial charge in [0, 0.05) is 29.8 Å². The summed E-state index contributed by atoms with van der Waals surface area (Å²) in [7, 11) is 0. The van der Waals surface area contributed by atoms with Gasteiger partial charge in [-0.15, -0.1) is 0 Å². The van der Waals surface area contributed by atoms with Crippen molar-refractivity contribution in [3.05, 3.63) is 76.6 Å². The number of amides is 2. The lowest BCUT2D eigenvalue weighted by Gasteiger charge is -2.26. The minimum absolute atomic E-state index is 0.0158. The maximum atomic E-state index is 12.2. The molecule has 170 valence electrons. The lowest BCUT2D eigenvalue weighted by atomic mass is 9.95. The van der Waals surface area contributed by atoms with Crippen molar-refractivity contribution < 1.29 is 9.59 Å². The number of hydrogen-bond acceptors (Lipinski definition) is 3. The maximum absolute atomic E-state index is 12.2. The fourth-order valence-electron chi connectivity index (χ4n) is 5.12. The molecule has 4 aliphatic rings. The van der Waals surface area contributed by atoms with Gasteiger partial charge in [-0.3, -0.25) is 14.3 Å². The quantitative estimate of drug-likeness (QED) is 0.657. The summed E-state index contributed by atoms with van der Waals surface area (Å²) in [4.78, 5) is 25.2. The van der Waals surface area contributed by atoms with Crippen molar-refractivity contribution in [1.29, 1.82) is 0 Å². The molecule has 2 aromatic rings. The van der Waals surface area contributed by atoms with Gasteiger partial charge in [-0.05, 0) is 43.0 Å². The van der Waals surface area contributed by atoms with Crippen LogP contribution < -0.4 is 10.2 Å². The predicted molar refractivity (Wildman–Crippen MR) is 130 cm³/mol. The second-order valence-electron chi connectivity index (χ2n) is 8.83. The van der Waals surface area contributed by atoms with E-state index < -0.39 is 0 Å². The van der Waals surface area contributed by atoms with E-state index in [0.29, 0.717) is 11.6 Å². The molecule has 2 amide bonds. The summed E-state index contributed by atoms with van der Waals surface area (Å²) >= 11 is 5.85. The third kappa shape index (κ3) is 4.15. The molecule has 3 heterocycles. The first-order valence-electron chi connectivity index (χ1n) is 11.5. The number of benzene rings is 1. The molecule has 1 N–H and O–H groups in total. The molecule has 0 spiro atoms. The van der Waals surface area contributed by atoms with E-state index in [0.717, 1.165) is 34.9 Å². The molecule has 2 aliphatic carbocycles. The van der Waals surface area contributed by atoms with Crippen LogP contribution in [0.3, 0.4) is 0 Å². The molecule has 7 heteroatoms. The van der Waals surface area contributed by atoms with Crippen molar-refractivity contribution in [2.24, 2.45) is 0 Å². The summed E-state index contributed by atoms with van der Waals surface area (Å²) in [5.41, 5.74) is 5.05. The van der Waals surface area contributed by atoms with Crippen LogP contribution in [0.5, 0.6) is 0 Å². The summed E-state index contributed by atoms with van der Waals surface area (Å²) in [5.74, 6) is 0.0824. The highest BCUT2D eigenvalue weighted by molar-refractivity contribution is 6.30. The lowest BCUT2D eigenvalue weighted by molar-refractivity contribution is -0.116. The number of anilines is 1. The number of fused-ring (bicyclic) bond motifs is 4. The summed E-state index contributed by atoms with van der Waals surface area (Å²) in [5, 5.41) is 8.29. The van der Waals surface area contributed by atoms with E-state index in [9.17, 15) is 9.59 Å². The van der Waals surface area contributed by atoms with E-state index in [1.807, 2.05) is 42.5 Å². The summed E-state index contributed by atoms with van der Waals surface area (Å²) in [6, 6.07) is 6.07. The third-order valence-corrected chi connectivity index (χ3v) is 6.96. The Morgan fingerprint density at radius 3 is 2.79 bits per heavy atom. The summed E-state index contributed by atoms with van der Waals surface area (Å²) in [6.45, 7) is 2.37. The Morgan fingerprint density at radius 1 is 1.18 bits per heavy atom. The van der Waals surface area contributed by atoms with Crippen molar-refractivity contribution in [3.63, 3.8) is 0 Å². The Bertz CT molecular complexity index is 1190. The van der Waals surface area contributed by atoms with Crippen molar-refractivity contribution in [2.75, 3.05) is 11.4 Å². The molecule has 2 aliphatic heterocycles. The zero-order valence-corrected chi connectivity index (χ0v) is 19.4. The fraction of sp³-hybridized carbons (Fsp3) is 0.346. The van der Waals surface area contributed by atoms with E-state index in [4.69, 9.17) is 11.6 Å². The van der Waals surface area contributed by atoms with Gasteiger partial charge in [0.25, 0.3) is 5.91 Å². The highest BCUT2D eigenvalue weighted by Gasteiger charge is 2.33. The van der Waals surface area contributed by atoms with Crippen molar-refractivity contribution >= 4 is 34.7 Å². The smallest absolute Gasteiger partial charge is 0.255 e. The van der Waals surface area contributed by atoms with Crippen LogP contribution in [0.2, 0.25) is 5.02 Å². The Kier molecular flexibility index (Phi) is 5.94. The molecule has 0 radical (unpaired) electrons. The molecule has 1 aromatic carbocycles. The molecule has 1 fully saturated rings. The van der Waals surface area contributed by atoms with Crippen LogP contribution in [-0.4, -0.2) is 34.2 Å². The largest absolute Gasteiger partial charge is 0.342 e. The highest BCUT2D eigenvalue weighted by Crippen LogP contribution is 2.36. The Balaban J connectivity index is 0.000000152. The lowest BCUT2D eigenvalue weighted by Crippen LogP contribution is -2.39. The van der Waals surface area contributed by atoms with E-state index in [1.165, 1.54) is 31.2 Å². The van der Waals surface area contributed by atoms with Gasteiger partial charge in [-0.2, -0.15) is 5.10 Å². The predicted octanol–water partition coefficient (Wildman–Crippen LogP) is 4.87. The zero-order valence-electron chi connectivity index (χ0n) is 18.6. The highest BCUT2D eigenvalue weighted by atomic mass is 35.5. The molecule has 33 heavy (non-hydrogen) atoms. The molecule has 1 aromatic heterocycles. The summed E-state index contributed by atoms with van der Waals surface area (Å²) < 4.78 is 2.09. The van der Waals surface area contributed by atoms with Crippen LogP contribution in [0.15, 0.2) is 54.8 Å². The Morgan fingerprint density at radius 2 is 2.00 bits per heavy atom. The molecule has 1 unspecified atom stereocenters. The average molecular weight is 463 g/mol. The van der Waals surface area contributed by atoms with Crippen molar-refractivity contribution in [2.45, 2.75) is 51.1 Å².